The Morgan fingerprint density at radius 1 is 0.702 bits per heavy atom. The van der Waals surface area contributed by atoms with Gasteiger partial charge in [-0.3, -0.25) is 9.59 Å². The number of carbonyl (C=O) groups is 2. The summed E-state index contributed by atoms with van der Waals surface area (Å²) in [5.74, 6) is -0.250. The predicted octanol–water partition coefficient (Wildman–Crippen LogP) is 2.96. The van der Waals surface area contributed by atoms with Crippen LogP contribution in [0.3, 0.4) is 0 Å². The van der Waals surface area contributed by atoms with Gasteiger partial charge in [0.25, 0.3) is 0 Å². The van der Waals surface area contributed by atoms with Crippen molar-refractivity contribution in [1.82, 2.24) is 26.3 Å². The van der Waals surface area contributed by atoms with E-state index >= 15 is 0 Å². The molecule has 2 amide bonds. The third kappa shape index (κ3) is 24.1. The van der Waals surface area contributed by atoms with E-state index in [2.05, 4.69) is 20.9 Å². The Labute approximate surface area is 288 Å². The van der Waals surface area contributed by atoms with Gasteiger partial charge < -0.3 is 45.2 Å². The number of carbonyl (C=O) groups excluding carboxylic acids is 2. The number of halogens is 3. The smallest absolute Gasteiger partial charge is 0.378 e. The third-order valence-electron chi connectivity index (χ3n) is 7.79. The van der Waals surface area contributed by atoms with Gasteiger partial charge in [-0.25, -0.2) is 0 Å². The molecule has 15 heteroatoms. The van der Waals surface area contributed by atoms with Crippen LogP contribution in [0.15, 0.2) is 18.5 Å². The van der Waals surface area contributed by atoms with Gasteiger partial charge in [-0.2, -0.15) is 13.2 Å². The molecule has 47 heavy (non-hydrogen) atoms. The van der Waals surface area contributed by atoms with Crippen molar-refractivity contribution in [2.45, 2.75) is 64.0 Å². The van der Waals surface area contributed by atoms with E-state index < -0.39 is 12.1 Å². The molecule has 0 atom stereocenters. The second-order valence-corrected chi connectivity index (χ2v) is 11.7. The number of nitrogens with one attached hydrogen (secondary N) is 5. The summed E-state index contributed by atoms with van der Waals surface area (Å²) in [5.41, 5.74) is 0.989. The van der Waals surface area contributed by atoms with E-state index in [1.807, 2.05) is 18.5 Å². The fraction of sp³-hybridized carbons (Fsp3) is 0.812. The minimum atomic E-state index is -4.84. The molecule has 3 rings (SSSR count). The molecule has 0 saturated heterocycles. The van der Waals surface area contributed by atoms with Gasteiger partial charge in [0.2, 0.25) is 5.91 Å². The van der Waals surface area contributed by atoms with E-state index in [0.717, 1.165) is 50.2 Å². The van der Waals surface area contributed by atoms with Crippen molar-refractivity contribution in [1.29, 1.82) is 0 Å². The SMILES string of the molecule is O=C(Cc1cc[nH]c1)NCCOCCOCCNCC1CCCC1.O=C(NCCOCCOCCNCC1CCCC1)C(F)(F)F.[Fe]. The van der Waals surface area contributed by atoms with Crippen molar-refractivity contribution < 1.29 is 58.8 Å². The van der Waals surface area contributed by atoms with Gasteiger partial charge in [-0.1, -0.05) is 25.7 Å². The van der Waals surface area contributed by atoms with E-state index in [1.165, 1.54) is 51.4 Å². The molecule has 0 spiro atoms. The van der Waals surface area contributed by atoms with Gasteiger partial charge in [-0.15, -0.1) is 0 Å². The van der Waals surface area contributed by atoms with Gasteiger partial charge in [-0.05, 0) is 62.2 Å². The van der Waals surface area contributed by atoms with E-state index in [9.17, 15) is 22.8 Å². The van der Waals surface area contributed by atoms with E-state index in [0.29, 0.717) is 52.6 Å². The second-order valence-electron chi connectivity index (χ2n) is 11.7. The van der Waals surface area contributed by atoms with Crippen LogP contribution in [0, 0.1) is 11.8 Å². The molecule has 0 unspecified atom stereocenters. The average Bonchev–Trinajstić information content (AvgIpc) is 3.83. The van der Waals surface area contributed by atoms with Gasteiger partial charge in [0, 0.05) is 55.6 Å². The first-order valence-electron chi connectivity index (χ1n) is 16.8. The van der Waals surface area contributed by atoms with Crippen LogP contribution in [0.4, 0.5) is 13.2 Å². The quantitative estimate of drug-likeness (QED) is 0.0814. The van der Waals surface area contributed by atoms with Crippen molar-refractivity contribution in [2.75, 3.05) is 92.1 Å². The number of hydrogen-bond acceptors (Lipinski definition) is 8. The van der Waals surface area contributed by atoms with Crippen LogP contribution in [0.25, 0.3) is 0 Å². The molecule has 1 aromatic heterocycles. The monoisotopic (exact) mass is 719 g/mol. The average molecular weight is 720 g/mol. The fourth-order valence-corrected chi connectivity index (χ4v) is 5.29. The molecule has 2 fully saturated rings. The number of aromatic nitrogens is 1. The first-order chi connectivity index (χ1) is 22.3. The zero-order valence-corrected chi connectivity index (χ0v) is 28.7. The molecule has 1 aromatic rings. The van der Waals surface area contributed by atoms with Crippen LogP contribution in [-0.2, 0) is 52.0 Å². The number of rotatable bonds is 24. The third-order valence-corrected chi connectivity index (χ3v) is 7.79. The molecule has 0 aromatic carbocycles. The first-order valence-corrected chi connectivity index (χ1v) is 16.8. The summed E-state index contributed by atoms with van der Waals surface area (Å²) in [5, 5.41) is 11.4. The van der Waals surface area contributed by atoms with Gasteiger partial charge in [0.1, 0.15) is 0 Å². The standard InChI is InChI=1S/C18H31N3O3.C14H25F3N2O3.Fe/c22-18(13-17-5-6-19-15-17)21-8-10-24-12-11-23-9-7-20-14-16-3-1-2-4-16;15-14(16,17)13(20)19-6-8-22-10-9-21-7-5-18-11-12-3-1-2-4-12;/h5-6,15-16,19-20H,1-4,7-14H2,(H,21,22);12,18H,1-11H2,(H,19,20);. The summed E-state index contributed by atoms with van der Waals surface area (Å²) in [6.45, 7) is 7.94. The minimum absolute atomic E-state index is 0. The van der Waals surface area contributed by atoms with E-state index in [-0.39, 0.29) is 36.1 Å². The van der Waals surface area contributed by atoms with Crippen LogP contribution in [-0.4, -0.2) is 115 Å². The minimum Gasteiger partial charge on any atom is -0.378 e. The van der Waals surface area contributed by atoms with Gasteiger partial charge in [0.15, 0.2) is 0 Å². The van der Waals surface area contributed by atoms with Crippen LogP contribution >= 0.6 is 0 Å². The summed E-state index contributed by atoms with van der Waals surface area (Å²) in [6, 6.07) is 1.90. The molecule has 2 aliphatic rings. The van der Waals surface area contributed by atoms with Crippen molar-refractivity contribution in [3.63, 3.8) is 0 Å². The Bertz CT molecular complexity index is 889. The summed E-state index contributed by atoms with van der Waals surface area (Å²) in [6.07, 6.45) is 10.1. The summed E-state index contributed by atoms with van der Waals surface area (Å²) < 4.78 is 56.9. The van der Waals surface area contributed by atoms with Gasteiger partial charge >= 0.3 is 12.1 Å². The van der Waals surface area contributed by atoms with Crippen LogP contribution in [0.1, 0.15) is 56.9 Å². The van der Waals surface area contributed by atoms with Crippen molar-refractivity contribution >= 4 is 11.8 Å². The number of aromatic amines is 1. The zero-order chi connectivity index (χ0) is 33.1. The molecule has 2 aliphatic carbocycles. The molecule has 0 bridgehead atoms. The molecule has 11 nitrogen and oxygen atoms in total. The fourth-order valence-electron chi connectivity index (χ4n) is 5.29. The molecule has 2 saturated carbocycles. The van der Waals surface area contributed by atoms with Crippen LogP contribution < -0.4 is 21.3 Å². The van der Waals surface area contributed by atoms with E-state index in [1.54, 1.807) is 5.32 Å². The van der Waals surface area contributed by atoms with Crippen molar-refractivity contribution in [3.05, 3.63) is 24.0 Å². The Balaban J connectivity index is 0.000000462. The molecular weight excluding hydrogens is 663 g/mol. The normalized spacial score (nSPS) is 15.2. The Kier molecular flexibility index (Phi) is 26.0. The molecule has 274 valence electrons. The van der Waals surface area contributed by atoms with Crippen LogP contribution in [0.5, 0.6) is 0 Å². The summed E-state index contributed by atoms with van der Waals surface area (Å²) in [7, 11) is 0. The summed E-state index contributed by atoms with van der Waals surface area (Å²) in [4.78, 5) is 25.0. The maximum Gasteiger partial charge on any atom is 0.471 e. The van der Waals surface area contributed by atoms with Crippen LogP contribution in [0.2, 0.25) is 0 Å². The van der Waals surface area contributed by atoms with E-state index in [4.69, 9.17) is 18.9 Å². The second kappa shape index (κ2) is 28.2. The summed E-state index contributed by atoms with van der Waals surface area (Å²) >= 11 is 0. The largest absolute Gasteiger partial charge is 0.471 e. The first kappa shape index (κ1) is 43.3. The number of H-pyrrole nitrogens is 1. The number of amides is 2. The predicted molar refractivity (Wildman–Crippen MR) is 170 cm³/mol. The molecular formula is C32H56F3FeN5O6. The topological polar surface area (TPSA) is 135 Å². The van der Waals surface area contributed by atoms with Gasteiger partial charge in [0.05, 0.1) is 59.3 Å². The molecule has 0 aliphatic heterocycles. The Morgan fingerprint density at radius 2 is 1.15 bits per heavy atom. The maximum atomic E-state index is 11.8. The Morgan fingerprint density at radius 3 is 1.57 bits per heavy atom. The molecule has 0 radical (unpaired) electrons. The number of alkyl halides is 3. The zero-order valence-electron chi connectivity index (χ0n) is 27.6. The van der Waals surface area contributed by atoms with Crippen molar-refractivity contribution in [3.8, 4) is 0 Å². The number of hydrogen-bond donors (Lipinski definition) is 5. The Hall–Kier alpha value is -1.71. The number of ether oxygens (including phenoxy) is 4. The van der Waals surface area contributed by atoms with Crippen molar-refractivity contribution in [2.24, 2.45) is 11.8 Å². The molecule has 1 heterocycles. The molecule has 5 N–H and O–H groups in total. The maximum absolute atomic E-state index is 11.8.